The van der Waals surface area contributed by atoms with E-state index < -0.39 is 19.7 Å². The number of hydrogen-bond donors (Lipinski definition) is 2. The van der Waals surface area contributed by atoms with E-state index in [4.69, 9.17) is 4.43 Å². The fourth-order valence-electron chi connectivity index (χ4n) is 3.83. The van der Waals surface area contributed by atoms with Crippen LogP contribution in [0.4, 0.5) is 0 Å². The summed E-state index contributed by atoms with van der Waals surface area (Å²) in [6.07, 6.45) is 4.72. The molecule has 1 unspecified atom stereocenters. The van der Waals surface area contributed by atoms with Gasteiger partial charge in [-0.15, -0.1) is 4.72 Å². The lowest BCUT2D eigenvalue weighted by atomic mass is 9.75. The Morgan fingerprint density at radius 3 is 2.16 bits per heavy atom. The predicted octanol–water partition coefficient (Wildman–Crippen LogP) is 3.96. The molecule has 1 saturated carbocycles. The van der Waals surface area contributed by atoms with Crippen LogP contribution in [0.5, 0.6) is 0 Å². The number of piperidine rings is 1. The lowest BCUT2D eigenvalue weighted by Gasteiger charge is -2.41. The van der Waals surface area contributed by atoms with E-state index in [2.05, 4.69) is 43.9 Å². The lowest BCUT2D eigenvalue weighted by molar-refractivity contribution is 0.137. The largest absolute Gasteiger partial charge is 0.598 e. The van der Waals surface area contributed by atoms with Crippen LogP contribution < -0.4 is 10.0 Å². The third kappa shape index (κ3) is 5.02. The van der Waals surface area contributed by atoms with E-state index in [1.807, 2.05) is 20.8 Å². The molecule has 1 heterocycles. The van der Waals surface area contributed by atoms with Gasteiger partial charge in [-0.2, -0.15) is 0 Å². The van der Waals surface area contributed by atoms with Crippen molar-refractivity contribution in [3.63, 3.8) is 0 Å². The first-order chi connectivity index (χ1) is 11.3. The summed E-state index contributed by atoms with van der Waals surface area (Å²) in [6, 6.07) is 0.296. The summed E-state index contributed by atoms with van der Waals surface area (Å²) in [5.74, 6) is 0. The normalized spacial score (nSPS) is 29.2. The Hall–Kier alpha value is 0.407. The van der Waals surface area contributed by atoms with Crippen molar-refractivity contribution in [1.29, 1.82) is 0 Å². The molecule has 0 aromatic carbocycles. The van der Waals surface area contributed by atoms with Crippen LogP contribution in [-0.4, -0.2) is 42.9 Å². The Kier molecular flexibility index (Phi) is 6.46. The molecule has 6 heteroatoms. The molecule has 1 aliphatic carbocycles. The first kappa shape index (κ1) is 21.7. The summed E-state index contributed by atoms with van der Waals surface area (Å²) in [4.78, 5) is 0. The molecule has 148 valence electrons. The van der Waals surface area contributed by atoms with Gasteiger partial charge in [-0.1, -0.05) is 20.8 Å². The van der Waals surface area contributed by atoms with Crippen molar-refractivity contribution in [2.75, 3.05) is 13.1 Å². The molecule has 4 nitrogen and oxygen atoms in total. The van der Waals surface area contributed by atoms with Crippen LogP contribution >= 0.6 is 0 Å². The molecule has 0 radical (unpaired) electrons. The third-order valence-electron chi connectivity index (χ3n) is 6.54. The molecule has 2 N–H and O–H groups in total. The van der Waals surface area contributed by atoms with E-state index in [0.29, 0.717) is 12.1 Å². The summed E-state index contributed by atoms with van der Waals surface area (Å²) < 4.78 is 22.8. The minimum Gasteiger partial charge on any atom is -0.598 e. The fourth-order valence-corrected chi connectivity index (χ4v) is 6.16. The SMILES string of the molecule is CC(C)(C)[S@@+]([O-])N[C@@H]1CC(O[Si](C)(C)C(C)(C)C)CC12CCNCC2. The zero-order valence-corrected chi connectivity index (χ0v) is 19.4. The van der Waals surface area contributed by atoms with Gasteiger partial charge in [0.2, 0.25) is 0 Å². The zero-order valence-electron chi connectivity index (χ0n) is 17.6. The zero-order chi connectivity index (χ0) is 19.1. The topological polar surface area (TPSA) is 56.3 Å². The number of rotatable bonds is 4. The second-order valence-corrected chi connectivity index (χ2v) is 17.4. The molecule has 2 rings (SSSR count). The Morgan fingerprint density at radius 1 is 1.12 bits per heavy atom. The summed E-state index contributed by atoms with van der Waals surface area (Å²) in [5, 5.41) is 3.72. The van der Waals surface area contributed by atoms with Crippen molar-refractivity contribution in [1.82, 2.24) is 10.0 Å². The Morgan fingerprint density at radius 2 is 1.68 bits per heavy atom. The molecule has 1 aliphatic heterocycles. The fraction of sp³-hybridized carbons (Fsp3) is 1.00. The van der Waals surface area contributed by atoms with Crippen LogP contribution in [0, 0.1) is 5.41 Å². The highest BCUT2D eigenvalue weighted by atomic mass is 32.2. The molecule has 25 heavy (non-hydrogen) atoms. The maximum Gasteiger partial charge on any atom is 0.192 e. The van der Waals surface area contributed by atoms with Crippen molar-refractivity contribution < 1.29 is 8.98 Å². The summed E-state index contributed by atoms with van der Waals surface area (Å²) in [5.41, 5.74) is 0.235. The van der Waals surface area contributed by atoms with Crippen molar-refractivity contribution in [3.8, 4) is 0 Å². The highest BCUT2D eigenvalue weighted by Gasteiger charge is 2.52. The molecule has 0 aromatic heterocycles. The highest BCUT2D eigenvalue weighted by molar-refractivity contribution is 7.90. The van der Waals surface area contributed by atoms with Crippen LogP contribution in [0.3, 0.4) is 0 Å². The smallest absolute Gasteiger partial charge is 0.192 e. The predicted molar refractivity (Wildman–Crippen MR) is 111 cm³/mol. The quantitative estimate of drug-likeness (QED) is 0.565. The van der Waals surface area contributed by atoms with E-state index >= 15 is 0 Å². The van der Waals surface area contributed by atoms with Crippen LogP contribution in [0.15, 0.2) is 0 Å². The number of nitrogens with one attached hydrogen (secondary N) is 2. The van der Waals surface area contributed by atoms with Gasteiger partial charge in [0, 0.05) is 17.5 Å². The van der Waals surface area contributed by atoms with Crippen molar-refractivity contribution in [2.24, 2.45) is 5.41 Å². The third-order valence-corrected chi connectivity index (χ3v) is 12.7. The van der Waals surface area contributed by atoms with E-state index in [1.54, 1.807) is 0 Å². The second kappa shape index (κ2) is 7.44. The second-order valence-electron chi connectivity index (χ2n) is 10.6. The monoisotopic (exact) mass is 388 g/mol. The van der Waals surface area contributed by atoms with Gasteiger partial charge in [0.25, 0.3) is 0 Å². The van der Waals surface area contributed by atoms with Gasteiger partial charge in [0.1, 0.15) is 4.75 Å². The molecule has 3 atom stereocenters. The summed E-state index contributed by atoms with van der Waals surface area (Å²) in [6.45, 7) is 19.9. The van der Waals surface area contributed by atoms with Crippen LogP contribution in [0.2, 0.25) is 18.1 Å². The van der Waals surface area contributed by atoms with Crippen molar-refractivity contribution >= 4 is 19.7 Å². The molecular formula is C19H40N2O2SSi. The van der Waals surface area contributed by atoms with E-state index in [1.165, 1.54) is 0 Å². The maximum absolute atomic E-state index is 12.7. The van der Waals surface area contributed by atoms with Gasteiger partial charge >= 0.3 is 0 Å². The van der Waals surface area contributed by atoms with E-state index in [9.17, 15) is 4.55 Å². The summed E-state index contributed by atoms with van der Waals surface area (Å²) >= 11 is -1.02. The van der Waals surface area contributed by atoms with Gasteiger partial charge in [-0.05, 0) is 83.1 Å². The standard InChI is InChI=1S/C19H40N2O2SSi/c1-17(2,3)24(22)21-16-13-15(23-25(7,8)18(4,5)6)14-19(16)9-11-20-12-10-19/h15-16,20-21H,9-14H2,1-8H3/t15?,16-,24-/m1/s1. The van der Waals surface area contributed by atoms with E-state index in [-0.39, 0.29) is 15.2 Å². The Bertz CT molecular complexity index is 453. The molecular weight excluding hydrogens is 348 g/mol. The minimum absolute atomic E-state index is 0.230. The minimum atomic E-state index is -1.78. The van der Waals surface area contributed by atoms with Crippen LogP contribution in [-0.2, 0) is 15.8 Å². The first-order valence-corrected chi connectivity index (χ1v) is 13.9. The lowest BCUT2D eigenvalue weighted by Crippen LogP contribution is -2.52. The number of hydrogen-bond acceptors (Lipinski definition) is 4. The highest BCUT2D eigenvalue weighted by Crippen LogP contribution is 2.49. The van der Waals surface area contributed by atoms with Crippen molar-refractivity contribution in [3.05, 3.63) is 0 Å². The van der Waals surface area contributed by atoms with Gasteiger partial charge in [-0.25, -0.2) is 0 Å². The molecule has 0 bridgehead atoms. The molecule has 2 fully saturated rings. The molecule has 1 spiro atoms. The molecule has 0 amide bonds. The first-order valence-electron chi connectivity index (χ1n) is 9.83. The van der Waals surface area contributed by atoms with Crippen LogP contribution in [0.25, 0.3) is 0 Å². The Labute approximate surface area is 159 Å². The molecule has 1 saturated heterocycles. The van der Waals surface area contributed by atoms with Gasteiger partial charge in [0.05, 0.1) is 6.04 Å². The summed E-state index contributed by atoms with van der Waals surface area (Å²) in [7, 11) is -1.78. The average molecular weight is 389 g/mol. The van der Waals surface area contributed by atoms with Crippen molar-refractivity contribution in [2.45, 2.75) is 102 Å². The van der Waals surface area contributed by atoms with Gasteiger partial charge < -0.3 is 14.3 Å². The van der Waals surface area contributed by atoms with Gasteiger partial charge in [-0.3, -0.25) is 0 Å². The Balaban J connectivity index is 2.14. The maximum atomic E-state index is 12.7. The van der Waals surface area contributed by atoms with Crippen LogP contribution in [0.1, 0.15) is 67.2 Å². The van der Waals surface area contributed by atoms with Gasteiger partial charge in [0.15, 0.2) is 8.32 Å². The molecule has 0 aromatic rings. The average Bonchev–Trinajstić information content (AvgIpc) is 2.73. The van der Waals surface area contributed by atoms with E-state index in [0.717, 1.165) is 38.8 Å². The molecule has 2 aliphatic rings.